The first-order valence-corrected chi connectivity index (χ1v) is 5.92. The van der Waals surface area contributed by atoms with Gasteiger partial charge in [-0.25, -0.2) is 4.68 Å². The van der Waals surface area contributed by atoms with Gasteiger partial charge in [0.15, 0.2) is 0 Å². The van der Waals surface area contributed by atoms with E-state index in [1.807, 2.05) is 0 Å². The maximum absolute atomic E-state index is 11.6. The third kappa shape index (κ3) is 2.97. The van der Waals surface area contributed by atoms with Crippen molar-refractivity contribution < 1.29 is 5.11 Å². The lowest BCUT2D eigenvalue weighted by atomic mass is 10.1. The van der Waals surface area contributed by atoms with Crippen LogP contribution in [0, 0.1) is 6.92 Å². The van der Waals surface area contributed by atoms with Crippen molar-refractivity contribution in [1.29, 1.82) is 0 Å². The molecule has 1 unspecified atom stereocenters. The van der Waals surface area contributed by atoms with E-state index in [9.17, 15) is 9.90 Å². The second kappa shape index (κ2) is 5.33. The van der Waals surface area contributed by atoms with Crippen molar-refractivity contribution in [3.05, 3.63) is 63.0 Å². The fourth-order valence-electron chi connectivity index (χ4n) is 1.66. The van der Waals surface area contributed by atoms with Crippen LogP contribution < -0.4 is 5.56 Å². The summed E-state index contributed by atoms with van der Waals surface area (Å²) in [4.78, 5) is 11.6. The molecule has 0 bridgehead atoms. The van der Waals surface area contributed by atoms with Gasteiger partial charge in [-0.1, -0.05) is 23.7 Å². The van der Waals surface area contributed by atoms with E-state index in [1.165, 1.54) is 10.7 Å². The SMILES string of the molecule is Cc1ccc(=O)n(CC(O)c2cccc(Cl)c2)n1. The predicted molar refractivity (Wildman–Crippen MR) is 69.6 cm³/mol. The average molecular weight is 265 g/mol. The fourth-order valence-corrected chi connectivity index (χ4v) is 1.86. The Bertz CT molecular complexity index is 610. The lowest BCUT2D eigenvalue weighted by molar-refractivity contribution is 0.149. The molecule has 94 valence electrons. The molecule has 5 heteroatoms. The maximum atomic E-state index is 11.6. The van der Waals surface area contributed by atoms with Crippen LogP contribution in [0.25, 0.3) is 0 Å². The summed E-state index contributed by atoms with van der Waals surface area (Å²) in [6, 6.07) is 10.0. The zero-order valence-electron chi connectivity index (χ0n) is 9.88. The molecule has 2 aromatic rings. The normalized spacial score (nSPS) is 12.4. The van der Waals surface area contributed by atoms with Crippen LogP contribution in [0.2, 0.25) is 5.02 Å². The first-order valence-electron chi connectivity index (χ1n) is 5.54. The molecule has 0 amide bonds. The van der Waals surface area contributed by atoms with Gasteiger partial charge in [0, 0.05) is 11.1 Å². The minimum absolute atomic E-state index is 0.112. The molecule has 1 aromatic heterocycles. The Balaban J connectivity index is 2.23. The summed E-state index contributed by atoms with van der Waals surface area (Å²) in [7, 11) is 0. The molecule has 4 nitrogen and oxygen atoms in total. The van der Waals surface area contributed by atoms with E-state index in [2.05, 4.69) is 5.10 Å². The Morgan fingerprint density at radius 1 is 1.39 bits per heavy atom. The Hall–Kier alpha value is -1.65. The van der Waals surface area contributed by atoms with Gasteiger partial charge in [-0.2, -0.15) is 5.10 Å². The number of aliphatic hydroxyl groups is 1. The number of nitrogens with zero attached hydrogens (tertiary/aromatic N) is 2. The van der Waals surface area contributed by atoms with Crippen LogP contribution in [-0.2, 0) is 6.54 Å². The Kier molecular flexibility index (Phi) is 3.79. The van der Waals surface area contributed by atoms with Gasteiger partial charge in [-0.05, 0) is 30.7 Å². The zero-order chi connectivity index (χ0) is 13.1. The third-order valence-electron chi connectivity index (χ3n) is 2.58. The summed E-state index contributed by atoms with van der Waals surface area (Å²) in [6.45, 7) is 1.91. The Morgan fingerprint density at radius 2 is 2.17 bits per heavy atom. The summed E-state index contributed by atoms with van der Waals surface area (Å²) >= 11 is 5.85. The molecule has 0 aliphatic carbocycles. The molecule has 0 spiro atoms. The highest BCUT2D eigenvalue weighted by atomic mass is 35.5. The van der Waals surface area contributed by atoms with Crippen LogP contribution >= 0.6 is 11.6 Å². The molecular formula is C13H13ClN2O2. The second-order valence-corrected chi connectivity index (χ2v) is 4.50. The van der Waals surface area contributed by atoms with Crippen LogP contribution in [0.3, 0.4) is 0 Å². The number of halogens is 1. The predicted octanol–water partition coefficient (Wildman–Crippen LogP) is 1.94. The lowest BCUT2D eigenvalue weighted by Crippen LogP contribution is -2.25. The quantitative estimate of drug-likeness (QED) is 0.922. The summed E-state index contributed by atoms with van der Waals surface area (Å²) in [5.74, 6) is 0. The van der Waals surface area contributed by atoms with Crippen molar-refractivity contribution >= 4 is 11.6 Å². The lowest BCUT2D eigenvalue weighted by Gasteiger charge is -2.12. The molecule has 1 N–H and O–H groups in total. The molecule has 0 saturated heterocycles. The Labute approximate surface area is 109 Å². The number of benzene rings is 1. The first-order chi connectivity index (χ1) is 8.56. The molecular weight excluding hydrogens is 252 g/mol. The van der Waals surface area contributed by atoms with Gasteiger partial charge in [0.25, 0.3) is 5.56 Å². The maximum Gasteiger partial charge on any atom is 0.266 e. The smallest absolute Gasteiger partial charge is 0.266 e. The number of aliphatic hydroxyl groups excluding tert-OH is 1. The second-order valence-electron chi connectivity index (χ2n) is 4.07. The van der Waals surface area contributed by atoms with Gasteiger partial charge < -0.3 is 5.11 Å². The van der Waals surface area contributed by atoms with Crippen LogP contribution in [-0.4, -0.2) is 14.9 Å². The summed E-state index contributed by atoms with van der Waals surface area (Å²) in [5.41, 5.74) is 1.16. The van der Waals surface area contributed by atoms with E-state index < -0.39 is 6.10 Å². The first kappa shape index (κ1) is 12.8. The van der Waals surface area contributed by atoms with Gasteiger partial charge >= 0.3 is 0 Å². The van der Waals surface area contributed by atoms with Crippen molar-refractivity contribution in [1.82, 2.24) is 9.78 Å². The molecule has 2 rings (SSSR count). The molecule has 1 atom stereocenters. The van der Waals surface area contributed by atoms with Crippen LogP contribution in [0.4, 0.5) is 0 Å². The van der Waals surface area contributed by atoms with E-state index in [0.717, 1.165) is 5.69 Å². The van der Waals surface area contributed by atoms with Crippen molar-refractivity contribution in [3.8, 4) is 0 Å². The van der Waals surface area contributed by atoms with Crippen molar-refractivity contribution in [2.75, 3.05) is 0 Å². The number of hydrogen-bond acceptors (Lipinski definition) is 3. The van der Waals surface area contributed by atoms with Crippen LogP contribution in [0.5, 0.6) is 0 Å². The van der Waals surface area contributed by atoms with Gasteiger partial charge in [0.05, 0.1) is 18.3 Å². The van der Waals surface area contributed by atoms with Crippen LogP contribution in [0.1, 0.15) is 17.4 Å². The van der Waals surface area contributed by atoms with E-state index in [-0.39, 0.29) is 12.1 Å². The number of rotatable bonds is 3. The van der Waals surface area contributed by atoms with Gasteiger partial charge in [0.1, 0.15) is 0 Å². The van der Waals surface area contributed by atoms with Crippen molar-refractivity contribution in [2.45, 2.75) is 19.6 Å². The highest BCUT2D eigenvalue weighted by Crippen LogP contribution is 2.18. The van der Waals surface area contributed by atoms with Crippen molar-refractivity contribution in [2.24, 2.45) is 0 Å². The Morgan fingerprint density at radius 3 is 2.89 bits per heavy atom. The minimum Gasteiger partial charge on any atom is -0.386 e. The average Bonchev–Trinajstić information content (AvgIpc) is 2.34. The van der Waals surface area contributed by atoms with Gasteiger partial charge in [0.2, 0.25) is 0 Å². The topological polar surface area (TPSA) is 55.1 Å². The molecule has 0 fully saturated rings. The van der Waals surface area contributed by atoms with E-state index in [1.54, 1.807) is 37.3 Å². The third-order valence-corrected chi connectivity index (χ3v) is 2.81. The molecule has 18 heavy (non-hydrogen) atoms. The van der Waals surface area contributed by atoms with E-state index in [0.29, 0.717) is 10.6 Å². The van der Waals surface area contributed by atoms with Gasteiger partial charge in [-0.3, -0.25) is 4.79 Å². The van der Waals surface area contributed by atoms with E-state index >= 15 is 0 Å². The molecule has 1 heterocycles. The summed E-state index contributed by atoms with van der Waals surface area (Å²) in [6.07, 6.45) is -0.810. The summed E-state index contributed by atoms with van der Waals surface area (Å²) < 4.78 is 1.25. The molecule has 0 aliphatic heterocycles. The van der Waals surface area contributed by atoms with Crippen molar-refractivity contribution in [3.63, 3.8) is 0 Å². The number of aromatic nitrogens is 2. The highest BCUT2D eigenvalue weighted by molar-refractivity contribution is 6.30. The minimum atomic E-state index is -0.810. The monoisotopic (exact) mass is 264 g/mol. The molecule has 1 aromatic carbocycles. The fraction of sp³-hybridized carbons (Fsp3) is 0.231. The van der Waals surface area contributed by atoms with E-state index in [4.69, 9.17) is 11.6 Å². The number of hydrogen-bond donors (Lipinski definition) is 1. The zero-order valence-corrected chi connectivity index (χ0v) is 10.6. The number of aryl methyl sites for hydroxylation is 1. The standard InChI is InChI=1S/C13H13ClN2O2/c1-9-5-6-13(18)16(15-9)8-12(17)10-3-2-4-11(14)7-10/h2-7,12,17H,8H2,1H3. The molecule has 0 saturated carbocycles. The summed E-state index contributed by atoms with van der Waals surface area (Å²) in [5, 5.41) is 14.7. The molecule has 0 aliphatic rings. The van der Waals surface area contributed by atoms with Crippen LogP contribution in [0.15, 0.2) is 41.2 Å². The largest absolute Gasteiger partial charge is 0.386 e. The van der Waals surface area contributed by atoms with Gasteiger partial charge in [-0.15, -0.1) is 0 Å². The molecule has 0 radical (unpaired) electrons. The highest BCUT2D eigenvalue weighted by Gasteiger charge is 2.10.